The van der Waals surface area contributed by atoms with Crippen LogP contribution in [0.15, 0.2) is 28.8 Å². The van der Waals surface area contributed by atoms with Crippen molar-refractivity contribution < 1.29 is 27.6 Å². The van der Waals surface area contributed by atoms with E-state index in [2.05, 4.69) is 25.5 Å². The first-order chi connectivity index (χ1) is 16.3. The van der Waals surface area contributed by atoms with Crippen LogP contribution in [0.3, 0.4) is 0 Å². The molecule has 1 unspecified atom stereocenters. The number of aromatic nitrogens is 2. The highest BCUT2D eigenvalue weighted by atomic mass is 19.3. The molecule has 10 heteroatoms. The second-order valence-electron chi connectivity index (χ2n) is 8.63. The quantitative estimate of drug-likeness (QED) is 0.485. The average Bonchev–Trinajstić information content (AvgIpc) is 3.16. The lowest BCUT2D eigenvalue weighted by Crippen LogP contribution is -2.45. The van der Waals surface area contributed by atoms with Crippen molar-refractivity contribution in [1.82, 2.24) is 20.8 Å². The summed E-state index contributed by atoms with van der Waals surface area (Å²) < 4.78 is 35.5. The van der Waals surface area contributed by atoms with E-state index in [1.165, 1.54) is 13.0 Å². The molecule has 1 atom stereocenters. The first-order valence-electron chi connectivity index (χ1n) is 11.8. The number of hydrogen-bond donors (Lipinski definition) is 2. The van der Waals surface area contributed by atoms with Crippen molar-refractivity contribution in [3.8, 4) is 5.75 Å². The molecular formula is C24H32F2N4O4. The monoisotopic (exact) mass is 478 g/mol. The smallest absolute Gasteiger partial charge is 0.387 e. The number of carbonyl (C=O) groups excluding carboxylic acids is 2. The van der Waals surface area contributed by atoms with Crippen molar-refractivity contribution >= 4 is 11.8 Å². The van der Waals surface area contributed by atoms with E-state index in [4.69, 9.17) is 4.52 Å². The lowest BCUT2D eigenvalue weighted by molar-refractivity contribution is -0.122. The molecule has 1 saturated carbocycles. The maximum absolute atomic E-state index is 12.7. The number of carbonyl (C=O) groups is 2. The van der Waals surface area contributed by atoms with E-state index in [1.54, 1.807) is 18.2 Å². The molecule has 3 rings (SSSR count). The minimum atomic E-state index is -2.95. The number of para-hydroxylation sites is 1. The maximum Gasteiger partial charge on any atom is 0.387 e. The van der Waals surface area contributed by atoms with Gasteiger partial charge in [0.2, 0.25) is 17.7 Å². The van der Waals surface area contributed by atoms with Gasteiger partial charge in [0, 0.05) is 25.3 Å². The summed E-state index contributed by atoms with van der Waals surface area (Å²) in [6.07, 6.45) is 6.40. The highest BCUT2D eigenvalue weighted by molar-refractivity contribution is 5.76. The molecule has 186 valence electrons. The lowest BCUT2D eigenvalue weighted by atomic mass is 9.89. The second kappa shape index (κ2) is 11.9. The zero-order valence-corrected chi connectivity index (χ0v) is 19.6. The topological polar surface area (TPSA) is 106 Å². The molecule has 1 aromatic carbocycles. The highest BCUT2D eigenvalue weighted by Crippen LogP contribution is 2.34. The van der Waals surface area contributed by atoms with Crippen LogP contribution in [0.4, 0.5) is 8.78 Å². The van der Waals surface area contributed by atoms with Gasteiger partial charge < -0.3 is 19.9 Å². The molecule has 1 fully saturated rings. The molecule has 1 heterocycles. The minimum absolute atomic E-state index is 0.0397. The average molecular weight is 479 g/mol. The lowest BCUT2D eigenvalue weighted by Gasteiger charge is -2.30. The Morgan fingerprint density at radius 3 is 2.53 bits per heavy atom. The van der Waals surface area contributed by atoms with Crippen molar-refractivity contribution in [3.63, 3.8) is 0 Å². The summed E-state index contributed by atoms with van der Waals surface area (Å²) in [4.78, 5) is 29.0. The minimum Gasteiger partial charge on any atom is -0.434 e. The number of alkyl halides is 2. The van der Waals surface area contributed by atoms with Crippen LogP contribution in [0.2, 0.25) is 0 Å². The molecule has 34 heavy (non-hydrogen) atoms. The van der Waals surface area contributed by atoms with E-state index in [0.29, 0.717) is 23.7 Å². The molecule has 2 amide bonds. The Kier molecular flexibility index (Phi) is 8.95. The Morgan fingerprint density at radius 1 is 1.18 bits per heavy atom. The van der Waals surface area contributed by atoms with Gasteiger partial charge in [-0.05, 0) is 25.3 Å². The Labute approximate surface area is 197 Å². The van der Waals surface area contributed by atoms with Gasteiger partial charge in [-0.15, -0.1) is 0 Å². The van der Waals surface area contributed by atoms with Crippen LogP contribution >= 0.6 is 0 Å². The van der Waals surface area contributed by atoms with Crippen LogP contribution in [0, 0.1) is 0 Å². The Hall–Kier alpha value is -3.04. The summed E-state index contributed by atoms with van der Waals surface area (Å²) >= 11 is 0. The van der Waals surface area contributed by atoms with E-state index in [9.17, 15) is 18.4 Å². The third kappa shape index (κ3) is 6.74. The van der Waals surface area contributed by atoms with Gasteiger partial charge in [-0.1, -0.05) is 56.0 Å². The molecule has 8 nitrogen and oxygen atoms in total. The van der Waals surface area contributed by atoms with Crippen LogP contribution in [-0.2, 0) is 21.5 Å². The van der Waals surface area contributed by atoms with Crippen molar-refractivity contribution in [2.75, 3.05) is 0 Å². The van der Waals surface area contributed by atoms with Gasteiger partial charge >= 0.3 is 6.61 Å². The van der Waals surface area contributed by atoms with Gasteiger partial charge in [0.15, 0.2) is 5.82 Å². The third-order valence-electron chi connectivity index (χ3n) is 6.09. The predicted octanol–water partition coefficient (Wildman–Crippen LogP) is 4.56. The van der Waals surface area contributed by atoms with Gasteiger partial charge in [-0.25, -0.2) is 0 Å². The van der Waals surface area contributed by atoms with E-state index < -0.39 is 18.2 Å². The Bertz CT molecular complexity index is 958. The summed E-state index contributed by atoms with van der Waals surface area (Å²) in [5.74, 6) is 0.384. The predicted molar refractivity (Wildman–Crippen MR) is 120 cm³/mol. The van der Waals surface area contributed by atoms with Crippen molar-refractivity contribution in [2.45, 2.75) is 89.8 Å². The van der Waals surface area contributed by atoms with E-state index in [0.717, 1.165) is 38.5 Å². The summed E-state index contributed by atoms with van der Waals surface area (Å²) in [5.41, 5.74) is -0.155. The van der Waals surface area contributed by atoms with Crippen molar-refractivity contribution in [3.05, 3.63) is 41.5 Å². The molecule has 0 aliphatic heterocycles. The SMILES string of the molecule is CCC(NC(=O)CCc1nc(C2(NC(C)=O)CCCCCC2)no1)c1ccccc1OC(F)F. The first kappa shape index (κ1) is 25.6. The molecule has 0 radical (unpaired) electrons. The molecule has 1 aliphatic carbocycles. The van der Waals surface area contributed by atoms with Crippen LogP contribution in [0.25, 0.3) is 0 Å². The fraction of sp³-hybridized carbons (Fsp3) is 0.583. The molecule has 1 aliphatic rings. The van der Waals surface area contributed by atoms with E-state index in [-0.39, 0.29) is 30.4 Å². The molecule has 0 saturated heterocycles. The van der Waals surface area contributed by atoms with Gasteiger partial charge in [0.25, 0.3) is 0 Å². The van der Waals surface area contributed by atoms with Crippen LogP contribution in [0.5, 0.6) is 5.75 Å². The van der Waals surface area contributed by atoms with E-state index in [1.807, 2.05) is 6.92 Å². The largest absolute Gasteiger partial charge is 0.434 e. The summed E-state index contributed by atoms with van der Waals surface area (Å²) in [6.45, 7) is 0.380. The number of amides is 2. The summed E-state index contributed by atoms with van der Waals surface area (Å²) in [6, 6.07) is 5.94. The summed E-state index contributed by atoms with van der Waals surface area (Å²) in [7, 11) is 0. The van der Waals surface area contributed by atoms with Crippen LogP contribution < -0.4 is 15.4 Å². The van der Waals surface area contributed by atoms with Gasteiger partial charge in [-0.2, -0.15) is 13.8 Å². The molecule has 2 N–H and O–H groups in total. The Balaban J connectivity index is 1.64. The molecule has 2 aromatic rings. The number of aryl methyl sites for hydroxylation is 1. The van der Waals surface area contributed by atoms with Gasteiger partial charge in [0.05, 0.1) is 6.04 Å². The standard InChI is InChI=1S/C24H32F2N4O4/c1-3-18(17-10-6-7-11-19(17)33-23(25)26)27-20(32)12-13-21-28-22(30-34-21)24(29-16(2)31)14-8-4-5-9-15-24/h6-7,10-11,18,23H,3-5,8-9,12-15H2,1-2H3,(H,27,32)(H,29,31). The Morgan fingerprint density at radius 2 is 1.88 bits per heavy atom. The molecule has 1 aromatic heterocycles. The van der Waals surface area contributed by atoms with Crippen molar-refractivity contribution in [2.24, 2.45) is 0 Å². The second-order valence-corrected chi connectivity index (χ2v) is 8.63. The van der Waals surface area contributed by atoms with Crippen LogP contribution in [0.1, 0.15) is 88.5 Å². The fourth-order valence-electron chi connectivity index (χ4n) is 4.48. The normalized spacial score (nSPS) is 16.5. The van der Waals surface area contributed by atoms with Gasteiger partial charge in [0.1, 0.15) is 11.3 Å². The number of rotatable bonds is 10. The zero-order chi connectivity index (χ0) is 24.6. The first-order valence-corrected chi connectivity index (χ1v) is 11.8. The number of nitrogens with zero attached hydrogens (tertiary/aromatic N) is 2. The number of halogens is 2. The van der Waals surface area contributed by atoms with Gasteiger partial charge in [-0.3, -0.25) is 9.59 Å². The van der Waals surface area contributed by atoms with E-state index >= 15 is 0 Å². The third-order valence-corrected chi connectivity index (χ3v) is 6.09. The fourth-order valence-corrected chi connectivity index (χ4v) is 4.48. The van der Waals surface area contributed by atoms with Crippen molar-refractivity contribution in [1.29, 1.82) is 0 Å². The molecule has 0 spiro atoms. The molecular weight excluding hydrogens is 446 g/mol. The zero-order valence-electron chi connectivity index (χ0n) is 19.6. The number of nitrogens with one attached hydrogen (secondary N) is 2. The number of benzene rings is 1. The highest BCUT2D eigenvalue weighted by Gasteiger charge is 2.38. The summed E-state index contributed by atoms with van der Waals surface area (Å²) in [5, 5.41) is 10.0. The molecule has 0 bridgehead atoms. The van der Waals surface area contributed by atoms with Crippen LogP contribution in [-0.4, -0.2) is 28.6 Å². The number of ether oxygens (including phenoxy) is 1. The maximum atomic E-state index is 12.7. The number of hydrogen-bond acceptors (Lipinski definition) is 6.